The lowest BCUT2D eigenvalue weighted by Gasteiger charge is -2.21. The molecule has 142 valence electrons. The third-order valence-corrected chi connectivity index (χ3v) is 5.28. The topological polar surface area (TPSA) is 63.3 Å². The molecule has 26 heavy (non-hydrogen) atoms. The molecule has 0 aliphatic carbocycles. The molecule has 1 atom stereocenters. The zero-order valence-electron chi connectivity index (χ0n) is 15.6. The maximum absolute atomic E-state index is 4.76. The number of guanidine groups is 1. The van der Waals surface area contributed by atoms with Crippen molar-refractivity contribution in [1.29, 1.82) is 0 Å². The second kappa shape index (κ2) is 8.41. The standard InChI is InChI=1S/C18H27N7.HI/c1-19-18(20-10-16-13-24-7-4-3-5-17(24)22-16)25-8-6-14(12-25)15-9-21-23(2)11-15;/h9,11,13-14H,3-8,10,12H2,1-2H3,(H,19,20);1H. The van der Waals surface area contributed by atoms with Gasteiger partial charge in [0.15, 0.2) is 5.96 Å². The number of nitrogens with zero attached hydrogens (tertiary/aromatic N) is 6. The van der Waals surface area contributed by atoms with Gasteiger partial charge in [0.05, 0.1) is 18.4 Å². The van der Waals surface area contributed by atoms with Crippen LogP contribution < -0.4 is 5.32 Å². The van der Waals surface area contributed by atoms with Gasteiger partial charge in [0.25, 0.3) is 0 Å². The summed E-state index contributed by atoms with van der Waals surface area (Å²) in [5.41, 5.74) is 2.43. The van der Waals surface area contributed by atoms with Gasteiger partial charge in [-0.05, 0) is 24.8 Å². The van der Waals surface area contributed by atoms with E-state index in [1.807, 2.05) is 25.0 Å². The summed E-state index contributed by atoms with van der Waals surface area (Å²) in [5.74, 6) is 2.74. The second-order valence-corrected chi connectivity index (χ2v) is 7.08. The maximum atomic E-state index is 4.76. The maximum Gasteiger partial charge on any atom is 0.193 e. The fourth-order valence-corrected chi connectivity index (χ4v) is 3.93. The van der Waals surface area contributed by atoms with Gasteiger partial charge in [-0.2, -0.15) is 5.10 Å². The molecule has 2 aromatic heterocycles. The number of imidazole rings is 1. The highest BCUT2D eigenvalue weighted by Gasteiger charge is 2.27. The number of hydrogen-bond donors (Lipinski definition) is 1. The first-order valence-corrected chi connectivity index (χ1v) is 9.22. The zero-order valence-corrected chi connectivity index (χ0v) is 17.9. The van der Waals surface area contributed by atoms with E-state index in [1.54, 1.807) is 0 Å². The molecule has 0 bridgehead atoms. The number of nitrogens with one attached hydrogen (secondary N) is 1. The minimum absolute atomic E-state index is 0. The average molecular weight is 469 g/mol. The highest BCUT2D eigenvalue weighted by Crippen LogP contribution is 2.26. The molecule has 0 radical (unpaired) electrons. The monoisotopic (exact) mass is 469 g/mol. The van der Waals surface area contributed by atoms with Crippen molar-refractivity contribution in [2.75, 3.05) is 20.1 Å². The molecule has 8 heteroatoms. The first-order valence-electron chi connectivity index (χ1n) is 9.22. The van der Waals surface area contributed by atoms with E-state index in [1.165, 1.54) is 24.2 Å². The Morgan fingerprint density at radius 1 is 1.31 bits per heavy atom. The average Bonchev–Trinajstić information content (AvgIpc) is 3.34. The smallest absolute Gasteiger partial charge is 0.193 e. The molecule has 2 aromatic rings. The Morgan fingerprint density at radius 3 is 2.92 bits per heavy atom. The predicted octanol–water partition coefficient (Wildman–Crippen LogP) is 2.14. The first kappa shape index (κ1) is 19.2. The molecule has 0 spiro atoms. The Hall–Kier alpha value is -1.58. The van der Waals surface area contributed by atoms with E-state index in [4.69, 9.17) is 4.98 Å². The van der Waals surface area contributed by atoms with Crippen LogP contribution in [0.2, 0.25) is 0 Å². The highest BCUT2D eigenvalue weighted by molar-refractivity contribution is 14.0. The predicted molar refractivity (Wildman–Crippen MR) is 113 cm³/mol. The molecule has 0 saturated carbocycles. The molecule has 1 N–H and O–H groups in total. The fourth-order valence-electron chi connectivity index (χ4n) is 3.93. The summed E-state index contributed by atoms with van der Waals surface area (Å²) in [7, 11) is 3.83. The van der Waals surface area contributed by atoms with Gasteiger partial charge < -0.3 is 14.8 Å². The van der Waals surface area contributed by atoms with E-state index in [0.717, 1.165) is 50.7 Å². The SMILES string of the molecule is CN=C(NCc1cn2c(n1)CCCC2)N1CCC(c2cnn(C)c2)C1.I. The molecule has 1 fully saturated rings. The van der Waals surface area contributed by atoms with Crippen LogP contribution in [0.4, 0.5) is 0 Å². The van der Waals surface area contributed by atoms with Crippen LogP contribution in [-0.4, -0.2) is 50.3 Å². The summed E-state index contributed by atoms with van der Waals surface area (Å²) < 4.78 is 4.18. The van der Waals surface area contributed by atoms with Crippen LogP contribution >= 0.6 is 24.0 Å². The van der Waals surface area contributed by atoms with Crippen LogP contribution in [0.1, 0.15) is 42.3 Å². The van der Waals surface area contributed by atoms with Crippen molar-refractivity contribution in [3.8, 4) is 0 Å². The molecule has 0 aromatic carbocycles. The molecule has 7 nitrogen and oxygen atoms in total. The third kappa shape index (κ3) is 4.05. The number of aryl methyl sites for hydroxylation is 3. The molecular formula is C18H28IN7. The van der Waals surface area contributed by atoms with Gasteiger partial charge in [0, 0.05) is 58.5 Å². The van der Waals surface area contributed by atoms with E-state index >= 15 is 0 Å². The number of aliphatic imine (C=N–C) groups is 1. The van der Waals surface area contributed by atoms with Gasteiger partial charge >= 0.3 is 0 Å². The number of hydrogen-bond acceptors (Lipinski definition) is 3. The zero-order chi connectivity index (χ0) is 17.2. The van der Waals surface area contributed by atoms with Crippen LogP contribution in [0.5, 0.6) is 0 Å². The van der Waals surface area contributed by atoms with Gasteiger partial charge in [-0.15, -0.1) is 24.0 Å². The van der Waals surface area contributed by atoms with E-state index in [2.05, 4.69) is 37.3 Å². The second-order valence-electron chi connectivity index (χ2n) is 7.08. The van der Waals surface area contributed by atoms with Gasteiger partial charge in [-0.25, -0.2) is 4.98 Å². The first-order chi connectivity index (χ1) is 12.2. The van der Waals surface area contributed by atoms with Gasteiger partial charge in [-0.1, -0.05) is 0 Å². The Morgan fingerprint density at radius 2 is 2.19 bits per heavy atom. The number of likely N-dealkylation sites (tertiary alicyclic amines) is 1. The fraction of sp³-hybridized carbons (Fsp3) is 0.611. The Kier molecular flexibility index (Phi) is 6.20. The van der Waals surface area contributed by atoms with Crippen LogP contribution in [0.25, 0.3) is 0 Å². The van der Waals surface area contributed by atoms with Gasteiger partial charge in [0.1, 0.15) is 5.82 Å². The third-order valence-electron chi connectivity index (χ3n) is 5.28. The quantitative estimate of drug-likeness (QED) is 0.425. The lowest BCUT2D eigenvalue weighted by molar-refractivity contribution is 0.485. The Bertz CT molecular complexity index is 740. The summed E-state index contributed by atoms with van der Waals surface area (Å²) in [6, 6.07) is 0. The van der Waals surface area contributed by atoms with E-state index in [-0.39, 0.29) is 24.0 Å². The van der Waals surface area contributed by atoms with Gasteiger partial charge in [-0.3, -0.25) is 9.67 Å². The van der Waals surface area contributed by atoms with Crippen molar-refractivity contribution < 1.29 is 0 Å². The van der Waals surface area contributed by atoms with Crippen molar-refractivity contribution in [3.05, 3.63) is 35.7 Å². The number of halogens is 1. The highest BCUT2D eigenvalue weighted by atomic mass is 127. The van der Waals surface area contributed by atoms with E-state index in [9.17, 15) is 0 Å². The van der Waals surface area contributed by atoms with E-state index in [0.29, 0.717) is 5.92 Å². The minimum atomic E-state index is 0. The van der Waals surface area contributed by atoms with Crippen molar-refractivity contribution in [3.63, 3.8) is 0 Å². The van der Waals surface area contributed by atoms with Crippen LogP contribution in [-0.2, 0) is 26.6 Å². The normalized spacial score (nSPS) is 20.0. The number of rotatable bonds is 3. The largest absolute Gasteiger partial charge is 0.351 e. The summed E-state index contributed by atoms with van der Waals surface area (Å²) in [6.45, 7) is 3.86. The van der Waals surface area contributed by atoms with E-state index < -0.39 is 0 Å². The Balaban J connectivity index is 0.00000196. The molecular weight excluding hydrogens is 441 g/mol. The van der Waals surface area contributed by atoms with Crippen molar-refractivity contribution >= 4 is 29.9 Å². The van der Waals surface area contributed by atoms with Crippen molar-refractivity contribution in [1.82, 2.24) is 29.5 Å². The molecule has 2 aliphatic rings. The van der Waals surface area contributed by atoms with Crippen molar-refractivity contribution in [2.45, 2.75) is 44.7 Å². The summed E-state index contributed by atoms with van der Waals surface area (Å²) in [5, 5.41) is 7.79. The van der Waals surface area contributed by atoms with Crippen LogP contribution in [0, 0.1) is 0 Å². The van der Waals surface area contributed by atoms with Crippen LogP contribution in [0.3, 0.4) is 0 Å². The minimum Gasteiger partial charge on any atom is -0.351 e. The summed E-state index contributed by atoms with van der Waals surface area (Å²) in [4.78, 5) is 11.6. The molecule has 4 rings (SSSR count). The van der Waals surface area contributed by atoms with Crippen molar-refractivity contribution in [2.24, 2.45) is 12.0 Å². The number of fused-ring (bicyclic) bond motifs is 1. The molecule has 1 unspecified atom stereocenters. The lowest BCUT2D eigenvalue weighted by atomic mass is 10.0. The lowest BCUT2D eigenvalue weighted by Crippen LogP contribution is -2.39. The van der Waals surface area contributed by atoms with Gasteiger partial charge in [0.2, 0.25) is 0 Å². The summed E-state index contributed by atoms with van der Waals surface area (Å²) >= 11 is 0. The molecule has 0 amide bonds. The molecule has 1 saturated heterocycles. The summed E-state index contributed by atoms with van der Waals surface area (Å²) in [6.07, 6.45) is 11.1. The Labute approximate surface area is 171 Å². The molecule has 2 aliphatic heterocycles. The number of aromatic nitrogens is 4. The van der Waals surface area contributed by atoms with Crippen LogP contribution in [0.15, 0.2) is 23.6 Å². The molecule has 4 heterocycles.